The van der Waals surface area contributed by atoms with Crippen LogP contribution in [0, 0.1) is 0 Å². The predicted molar refractivity (Wildman–Crippen MR) is 178 cm³/mol. The van der Waals surface area contributed by atoms with E-state index in [1.807, 2.05) is 47.8 Å². The molecule has 3 heterocycles. The number of fused-ring (bicyclic) bond motifs is 1. The second-order valence-corrected chi connectivity index (χ2v) is 12.9. The van der Waals surface area contributed by atoms with Gasteiger partial charge in [0.1, 0.15) is 18.4 Å². The van der Waals surface area contributed by atoms with Crippen molar-refractivity contribution in [2.24, 2.45) is 4.99 Å². The van der Waals surface area contributed by atoms with Crippen LogP contribution in [0.3, 0.4) is 0 Å². The lowest BCUT2D eigenvalue weighted by molar-refractivity contribution is -0.138. The number of rotatable bonds is 8. The quantitative estimate of drug-likeness (QED) is 0.159. The Hall–Kier alpha value is -3.66. The summed E-state index contributed by atoms with van der Waals surface area (Å²) >= 11 is 21.5. The van der Waals surface area contributed by atoms with Crippen LogP contribution in [0.15, 0.2) is 99.6 Å². The first-order valence-corrected chi connectivity index (χ1v) is 16.3. The molecule has 5 aromatic rings. The van der Waals surface area contributed by atoms with Gasteiger partial charge in [0.05, 0.1) is 22.4 Å². The largest absolute Gasteiger partial charge is 0.488 e. The van der Waals surface area contributed by atoms with Crippen LogP contribution in [0.4, 0.5) is 0 Å². The van der Waals surface area contributed by atoms with Gasteiger partial charge in [-0.2, -0.15) is 0 Å². The second-order valence-electron chi connectivity index (χ2n) is 9.65. The third kappa shape index (κ3) is 6.14. The summed E-state index contributed by atoms with van der Waals surface area (Å²) in [6.45, 7) is 2.12. The van der Waals surface area contributed by atoms with Crippen molar-refractivity contribution in [1.82, 2.24) is 4.57 Å². The van der Waals surface area contributed by atoms with Crippen LogP contribution >= 0.6 is 57.5 Å². The molecule has 1 atom stereocenters. The molecule has 0 spiro atoms. The minimum atomic E-state index is -0.718. The highest BCUT2D eigenvalue weighted by atomic mass is 35.5. The van der Waals surface area contributed by atoms with Crippen molar-refractivity contribution in [3.05, 3.63) is 146 Å². The number of thiazole rings is 1. The number of hydrogen-bond acceptors (Lipinski definition) is 7. The topological polar surface area (TPSA) is 69.9 Å². The van der Waals surface area contributed by atoms with Crippen LogP contribution in [0.1, 0.15) is 34.5 Å². The summed E-state index contributed by atoms with van der Waals surface area (Å²) in [5.74, 6) is -0.00702. The molecular weight excluding hydrogens is 659 g/mol. The van der Waals surface area contributed by atoms with E-state index in [1.54, 1.807) is 54.0 Å². The zero-order valence-corrected chi connectivity index (χ0v) is 27.0. The third-order valence-electron chi connectivity index (χ3n) is 6.84. The molecule has 0 bridgehead atoms. The number of hydrogen-bond donors (Lipinski definition) is 0. The molecule has 0 fully saturated rings. The number of carbonyl (C=O) groups is 1. The van der Waals surface area contributed by atoms with E-state index in [4.69, 9.17) is 49.3 Å². The summed E-state index contributed by atoms with van der Waals surface area (Å²) in [5.41, 5.74) is 2.60. The van der Waals surface area contributed by atoms with E-state index >= 15 is 0 Å². The van der Waals surface area contributed by atoms with Crippen molar-refractivity contribution >= 4 is 75.2 Å². The fraction of sp³-hybridized carbons (Fsp3) is 0.121. The summed E-state index contributed by atoms with van der Waals surface area (Å²) in [5, 5.41) is 3.41. The van der Waals surface area contributed by atoms with E-state index in [9.17, 15) is 9.59 Å². The number of aromatic nitrogens is 1. The van der Waals surface area contributed by atoms with E-state index in [2.05, 4.69) is 0 Å². The second kappa shape index (κ2) is 13.1. The van der Waals surface area contributed by atoms with Gasteiger partial charge in [-0.05, 0) is 54.8 Å². The lowest BCUT2D eigenvalue weighted by atomic mass is 9.97. The standard InChI is InChI=1S/C33H23Cl3N2O4S2/c1-2-41-32(40)28-29(19-7-4-3-5-8-19)37-33-38(30(28)26-9-6-14-43-26)31(39)27(44-33)16-21-15-22(34)12-13-25(21)42-18-20-10-11-23(35)17-24(20)36/h3-17,30H,2,18H2,1H3/b27-16-/t30-/m1/s1. The summed E-state index contributed by atoms with van der Waals surface area (Å²) in [6, 6.07) is 22.9. The van der Waals surface area contributed by atoms with E-state index in [0.29, 0.717) is 47.0 Å². The smallest absolute Gasteiger partial charge is 0.338 e. The molecule has 1 aliphatic rings. The fourth-order valence-corrected chi connectivity index (χ4v) is 7.31. The minimum Gasteiger partial charge on any atom is -0.488 e. The van der Waals surface area contributed by atoms with Gasteiger partial charge in [0.25, 0.3) is 5.56 Å². The molecule has 0 saturated heterocycles. The Balaban J connectivity index is 1.51. The van der Waals surface area contributed by atoms with Gasteiger partial charge in [0.2, 0.25) is 0 Å². The summed E-state index contributed by atoms with van der Waals surface area (Å²) in [4.78, 5) is 33.8. The van der Waals surface area contributed by atoms with Crippen molar-refractivity contribution in [3.63, 3.8) is 0 Å². The van der Waals surface area contributed by atoms with Crippen molar-refractivity contribution in [1.29, 1.82) is 0 Å². The average molecular weight is 682 g/mol. The van der Waals surface area contributed by atoms with Crippen LogP contribution in [0.5, 0.6) is 5.75 Å². The maximum Gasteiger partial charge on any atom is 0.338 e. The molecular formula is C33H23Cl3N2O4S2. The van der Waals surface area contributed by atoms with Gasteiger partial charge in [0.15, 0.2) is 4.80 Å². The maximum absolute atomic E-state index is 14.2. The number of benzene rings is 3. The number of esters is 1. The van der Waals surface area contributed by atoms with Crippen molar-refractivity contribution in [2.75, 3.05) is 6.61 Å². The molecule has 0 unspecified atom stereocenters. The predicted octanol–water partition coefficient (Wildman–Crippen LogP) is 7.54. The lowest BCUT2D eigenvalue weighted by Gasteiger charge is -2.24. The Morgan fingerprint density at radius 1 is 1.00 bits per heavy atom. The van der Waals surface area contributed by atoms with Gasteiger partial charge in [-0.15, -0.1) is 11.3 Å². The van der Waals surface area contributed by atoms with Gasteiger partial charge in [-0.1, -0.05) is 88.6 Å². The van der Waals surface area contributed by atoms with Gasteiger partial charge < -0.3 is 9.47 Å². The molecule has 0 amide bonds. The van der Waals surface area contributed by atoms with Crippen LogP contribution in [-0.2, 0) is 16.1 Å². The molecule has 0 saturated carbocycles. The molecule has 222 valence electrons. The average Bonchev–Trinajstić information content (AvgIpc) is 3.65. The van der Waals surface area contributed by atoms with E-state index in [-0.39, 0.29) is 18.8 Å². The van der Waals surface area contributed by atoms with Gasteiger partial charge >= 0.3 is 5.97 Å². The molecule has 6 nitrogen and oxygen atoms in total. The Morgan fingerprint density at radius 2 is 1.77 bits per heavy atom. The normalized spacial score (nSPS) is 14.7. The number of halogens is 3. The molecule has 0 radical (unpaired) electrons. The molecule has 0 N–H and O–H groups in total. The number of ether oxygens (including phenoxy) is 2. The van der Waals surface area contributed by atoms with Crippen LogP contribution in [0.2, 0.25) is 15.1 Å². The molecule has 0 aliphatic carbocycles. The maximum atomic E-state index is 14.2. The highest BCUT2D eigenvalue weighted by Gasteiger charge is 2.35. The Morgan fingerprint density at radius 3 is 2.50 bits per heavy atom. The highest BCUT2D eigenvalue weighted by Crippen LogP contribution is 2.37. The SMILES string of the molecule is CCOC(=O)C1=C(c2ccccc2)N=c2s/c(=C\c3cc(Cl)ccc3OCc3ccc(Cl)cc3Cl)c(=O)n2[C@@H]1c1cccs1. The van der Waals surface area contributed by atoms with E-state index in [0.717, 1.165) is 16.0 Å². The molecule has 2 aromatic heterocycles. The van der Waals surface area contributed by atoms with Crippen molar-refractivity contribution in [2.45, 2.75) is 19.6 Å². The first-order valence-electron chi connectivity index (χ1n) is 13.5. The van der Waals surface area contributed by atoms with Crippen LogP contribution in [-0.4, -0.2) is 17.1 Å². The fourth-order valence-electron chi connectivity index (χ4n) is 4.86. The zero-order chi connectivity index (χ0) is 30.8. The summed E-state index contributed by atoms with van der Waals surface area (Å²) < 4.78 is 13.6. The highest BCUT2D eigenvalue weighted by molar-refractivity contribution is 7.10. The molecule has 6 rings (SSSR count). The Kier molecular flexibility index (Phi) is 9.07. The van der Waals surface area contributed by atoms with Gasteiger partial charge in [-0.3, -0.25) is 9.36 Å². The minimum absolute atomic E-state index is 0.182. The number of carbonyl (C=O) groups excluding carboxylic acids is 1. The number of thiophene rings is 1. The Bertz CT molecular complexity index is 2070. The van der Waals surface area contributed by atoms with Crippen LogP contribution < -0.4 is 19.6 Å². The monoisotopic (exact) mass is 680 g/mol. The lowest BCUT2D eigenvalue weighted by Crippen LogP contribution is -2.39. The van der Waals surface area contributed by atoms with Gasteiger partial charge in [-0.25, -0.2) is 9.79 Å². The first-order chi connectivity index (χ1) is 21.3. The van der Waals surface area contributed by atoms with E-state index in [1.165, 1.54) is 22.7 Å². The Labute approximate surface area is 275 Å². The molecule has 44 heavy (non-hydrogen) atoms. The summed E-state index contributed by atoms with van der Waals surface area (Å²) in [6.07, 6.45) is 1.73. The van der Waals surface area contributed by atoms with Gasteiger partial charge in [0, 0.05) is 36.6 Å². The number of nitrogens with zero attached hydrogens (tertiary/aromatic N) is 2. The van der Waals surface area contributed by atoms with Crippen molar-refractivity contribution in [3.8, 4) is 5.75 Å². The first kappa shape index (κ1) is 30.4. The molecule has 3 aromatic carbocycles. The van der Waals surface area contributed by atoms with E-state index < -0.39 is 12.0 Å². The van der Waals surface area contributed by atoms with Crippen molar-refractivity contribution < 1.29 is 14.3 Å². The summed E-state index contributed by atoms with van der Waals surface area (Å²) in [7, 11) is 0. The third-order valence-corrected chi connectivity index (χ3v) is 9.57. The molecule has 1 aliphatic heterocycles. The van der Waals surface area contributed by atoms with Crippen LogP contribution in [0.25, 0.3) is 11.8 Å². The zero-order valence-electron chi connectivity index (χ0n) is 23.1. The molecule has 11 heteroatoms.